The van der Waals surface area contributed by atoms with Crippen LogP contribution in [0, 0.1) is 0 Å². The molecule has 5 rings (SSSR count). The number of aliphatic carboxylic acids is 1. The Labute approximate surface area is 212 Å². The van der Waals surface area contributed by atoms with Crippen LogP contribution >= 0.6 is 22.9 Å². The largest absolute Gasteiger partial charge is 0.487 e. The van der Waals surface area contributed by atoms with Crippen molar-refractivity contribution in [3.8, 4) is 5.75 Å². The van der Waals surface area contributed by atoms with Gasteiger partial charge in [-0.25, -0.2) is 0 Å². The Morgan fingerprint density at radius 3 is 2.60 bits per heavy atom. The van der Waals surface area contributed by atoms with Crippen LogP contribution in [0.2, 0.25) is 5.02 Å². The van der Waals surface area contributed by atoms with Crippen molar-refractivity contribution in [3.05, 3.63) is 99.4 Å². The SMILES string of the molecule is CC1(Cc2ccc(Cl)cc2)Cc2cc(C(=O)N(CC(=O)O)Cc3ccc4sccc4c3)ccc2O1. The molecule has 1 atom stereocenters. The van der Waals surface area contributed by atoms with Gasteiger partial charge in [0.1, 0.15) is 17.9 Å². The van der Waals surface area contributed by atoms with Crippen LogP contribution in [0.5, 0.6) is 5.75 Å². The summed E-state index contributed by atoms with van der Waals surface area (Å²) in [5, 5.41) is 13.3. The first-order chi connectivity index (χ1) is 16.8. The van der Waals surface area contributed by atoms with Gasteiger partial charge in [-0.3, -0.25) is 9.59 Å². The van der Waals surface area contributed by atoms with E-state index in [1.54, 1.807) is 17.4 Å². The molecule has 0 bridgehead atoms. The van der Waals surface area contributed by atoms with Gasteiger partial charge in [-0.1, -0.05) is 29.8 Å². The van der Waals surface area contributed by atoms with E-state index in [0.717, 1.165) is 32.5 Å². The van der Waals surface area contributed by atoms with Gasteiger partial charge in [0.2, 0.25) is 0 Å². The normalized spacial score (nSPS) is 16.6. The Morgan fingerprint density at radius 2 is 1.83 bits per heavy atom. The van der Waals surface area contributed by atoms with Crippen LogP contribution in [0.15, 0.2) is 72.1 Å². The van der Waals surface area contributed by atoms with Crippen LogP contribution in [0.25, 0.3) is 10.1 Å². The molecular weight excluding hydrogens is 482 g/mol. The maximum Gasteiger partial charge on any atom is 0.323 e. The summed E-state index contributed by atoms with van der Waals surface area (Å²) in [6.45, 7) is 1.90. The summed E-state index contributed by atoms with van der Waals surface area (Å²) in [6, 6.07) is 21.1. The first-order valence-electron chi connectivity index (χ1n) is 11.3. The molecule has 178 valence electrons. The van der Waals surface area contributed by atoms with Gasteiger partial charge in [-0.05, 0) is 82.9 Å². The van der Waals surface area contributed by atoms with E-state index >= 15 is 0 Å². The van der Waals surface area contributed by atoms with Crippen molar-refractivity contribution in [1.82, 2.24) is 4.90 Å². The lowest BCUT2D eigenvalue weighted by atomic mass is 9.91. The fraction of sp³-hybridized carbons (Fsp3) is 0.214. The summed E-state index contributed by atoms with van der Waals surface area (Å²) in [7, 11) is 0. The highest BCUT2D eigenvalue weighted by Gasteiger charge is 2.35. The van der Waals surface area contributed by atoms with Crippen LogP contribution in [0.1, 0.15) is 34.0 Å². The van der Waals surface area contributed by atoms with Crippen molar-refractivity contribution in [2.75, 3.05) is 6.54 Å². The molecule has 2 heterocycles. The number of carboxylic acids is 1. The third kappa shape index (κ3) is 5.19. The van der Waals surface area contributed by atoms with E-state index in [-0.39, 0.29) is 19.0 Å². The van der Waals surface area contributed by atoms with Gasteiger partial charge in [0, 0.05) is 34.7 Å². The van der Waals surface area contributed by atoms with E-state index in [1.165, 1.54) is 4.90 Å². The third-order valence-electron chi connectivity index (χ3n) is 6.22. The second-order valence-electron chi connectivity index (χ2n) is 9.20. The standard InChI is InChI=1S/C28H24ClNO4S/c1-28(14-18-2-6-23(29)7-3-18)15-22-13-21(5-8-24(22)34-28)27(33)30(17-26(31)32)16-19-4-9-25-20(12-19)10-11-35-25/h2-13H,14-17H2,1H3,(H,31,32). The molecule has 35 heavy (non-hydrogen) atoms. The van der Waals surface area contributed by atoms with E-state index in [0.29, 0.717) is 23.4 Å². The lowest BCUT2D eigenvalue weighted by Crippen LogP contribution is -2.35. The molecule has 0 saturated carbocycles. The zero-order valence-corrected chi connectivity index (χ0v) is 20.7. The van der Waals surface area contributed by atoms with Gasteiger partial charge in [-0.2, -0.15) is 0 Å². The topological polar surface area (TPSA) is 66.8 Å². The summed E-state index contributed by atoms with van der Waals surface area (Å²) in [4.78, 5) is 26.3. The van der Waals surface area contributed by atoms with Gasteiger partial charge in [0.25, 0.3) is 5.91 Å². The monoisotopic (exact) mass is 505 g/mol. The average Bonchev–Trinajstić information content (AvgIpc) is 3.41. The molecule has 1 aliphatic rings. The summed E-state index contributed by atoms with van der Waals surface area (Å²) >= 11 is 7.66. The molecule has 0 fully saturated rings. The van der Waals surface area contributed by atoms with Crippen LogP contribution < -0.4 is 4.74 Å². The minimum atomic E-state index is -1.05. The molecule has 0 spiro atoms. The number of benzene rings is 3. The minimum absolute atomic E-state index is 0.221. The second-order valence-corrected chi connectivity index (χ2v) is 10.6. The number of rotatable bonds is 7. The van der Waals surface area contributed by atoms with Crippen LogP contribution in [-0.2, 0) is 24.2 Å². The molecule has 0 aliphatic carbocycles. The molecule has 1 aliphatic heterocycles. The molecule has 0 saturated heterocycles. The summed E-state index contributed by atoms with van der Waals surface area (Å²) in [5.74, 6) is -0.604. The number of thiophene rings is 1. The van der Waals surface area contributed by atoms with Crippen molar-refractivity contribution in [2.24, 2.45) is 0 Å². The molecule has 3 aromatic carbocycles. The predicted octanol–water partition coefficient (Wildman–Crippen LogP) is 6.22. The number of halogens is 1. The molecule has 1 unspecified atom stereocenters. The first-order valence-corrected chi connectivity index (χ1v) is 12.6. The van der Waals surface area contributed by atoms with Crippen LogP contribution in [-0.4, -0.2) is 34.0 Å². The molecular formula is C28H24ClNO4S. The van der Waals surface area contributed by atoms with Crippen molar-refractivity contribution in [3.63, 3.8) is 0 Å². The van der Waals surface area contributed by atoms with Crippen LogP contribution in [0.4, 0.5) is 0 Å². The highest BCUT2D eigenvalue weighted by atomic mass is 35.5. The fourth-order valence-electron chi connectivity index (χ4n) is 4.67. The van der Waals surface area contributed by atoms with E-state index in [1.807, 2.05) is 66.0 Å². The summed E-state index contributed by atoms with van der Waals surface area (Å²) < 4.78 is 7.42. The van der Waals surface area contributed by atoms with Gasteiger partial charge >= 0.3 is 5.97 Å². The molecule has 1 aromatic heterocycles. The Kier molecular flexibility index (Phi) is 6.26. The Morgan fingerprint density at radius 1 is 1.06 bits per heavy atom. The van der Waals surface area contributed by atoms with Gasteiger partial charge < -0.3 is 14.7 Å². The van der Waals surface area contributed by atoms with Crippen LogP contribution in [0.3, 0.4) is 0 Å². The Balaban J connectivity index is 1.35. The fourth-order valence-corrected chi connectivity index (χ4v) is 5.56. The van der Waals surface area contributed by atoms with Crippen molar-refractivity contribution >= 4 is 44.9 Å². The molecule has 1 N–H and O–H groups in total. The molecule has 7 heteroatoms. The molecule has 4 aromatic rings. The zero-order valence-electron chi connectivity index (χ0n) is 19.2. The molecule has 1 amide bonds. The van der Waals surface area contributed by atoms with Gasteiger partial charge in [0.15, 0.2) is 0 Å². The first kappa shape index (κ1) is 23.4. The maximum atomic E-state index is 13.4. The van der Waals surface area contributed by atoms with Crippen molar-refractivity contribution < 1.29 is 19.4 Å². The number of carboxylic acid groups (broad SMARTS) is 1. The lowest BCUT2D eigenvalue weighted by molar-refractivity contribution is -0.137. The van der Waals surface area contributed by atoms with E-state index < -0.39 is 11.6 Å². The average molecular weight is 506 g/mol. The number of hydrogen-bond acceptors (Lipinski definition) is 4. The number of carbonyl (C=O) groups excluding carboxylic acids is 1. The van der Waals surface area contributed by atoms with Gasteiger partial charge in [-0.15, -0.1) is 11.3 Å². The van der Waals surface area contributed by atoms with E-state index in [9.17, 15) is 14.7 Å². The highest BCUT2D eigenvalue weighted by molar-refractivity contribution is 7.17. The lowest BCUT2D eigenvalue weighted by Gasteiger charge is -2.24. The summed E-state index contributed by atoms with van der Waals surface area (Å²) in [6.07, 6.45) is 1.36. The Bertz CT molecular complexity index is 1410. The minimum Gasteiger partial charge on any atom is -0.487 e. The number of carbonyl (C=O) groups is 2. The number of hydrogen-bond donors (Lipinski definition) is 1. The van der Waals surface area contributed by atoms with E-state index in [2.05, 4.69) is 6.92 Å². The third-order valence-corrected chi connectivity index (χ3v) is 7.37. The number of fused-ring (bicyclic) bond motifs is 2. The number of ether oxygens (including phenoxy) is 1. The Hall–Kier alpha value is -3.35. The van der Waals surface area contributed by atoms with Crippen molar-refractivity contribution in [1.29, 1.82) is 0 Å². The quantitative estimate of drug-likeness (QED) is 0.324. The molecule has 5 nitrogen and oxygen atoms in total. The second kappa shape index (κ2) is 9.36. The predicted molar refractivity (Wildman–Crippen MR) is 139 cm³/mol. The van der Waals surface area contributed by atoms with Gasteiger partial charge in [0.05, 0.1) is 0 Å². The number of nitrogens with zero attached hydrogens (tertiary/aromatic N) is 1. The maximum absolute atomic E-state index is 13.4. The number of amides is 1. The molecule has 0 radical (unpaired) electrons. The highest BCUT2D eigenvalue weighted by Crippen LogP contribution is 2.38. The zero-order chi connectivity index (χ0) is 24.6. The smallest absolute Gasteiger partial charge is 0.323 e. The summed E-state index contributed by atoms with van der Waals surface area (Å²) in [5.41, 5.74) is 2.99. The van der Waals surface area contributed by atoms with Crippen molar-refractivity contribution in [2.45, 2.75) is 31.9 Å². The van der Waals surface area contributed by atoms with E-state index in [4.69, 9.17) is 16.3 Å².